The van der Waals surface area contributed by atoms with Gasteiger partial charge in [0.15, 0.2) is 5.76 Å². The third-order valence-electron chi connectivity index (χ3n) is 2.42. The number of rotatable bonds is 4. The van der Waals surface area contributed by atoms with Crippen LogP contribution in [0.3, 0.4) is 0 Å². The summed E-state index contributed by atoms with van der Waals surface area (Å²) in [4.78, 5) is 21.7. The summed E-state index contributed by atoms with van der Waals surface area (Å²) in [5, 5.41) is 23.9. The van der Waals surface area contributed by atoms with Crippen LogP contribution in [0.5, 0.6) is 5.75 Å². The molecular weight excluding hydrogens is 426 g/mol. The Morgan fingerprint density at radius 2 is 2.14 bits per heavy atom. The maximum Gasteiger partial charge on any atom is 0.433 e. The number of nitro groups is 1. The van der Waals surface area contributed by atoms with Crippen molar-refractivity contribution in [2.24, 2.45) is 5.10 Å². The van der Waals surface area contributed by atoms with E-state index in [-0.39, 0.29) is 17.1 Å². The molecule has 10 heteroatoms. The molecule has 0 aliphatic heterocycles. The van der Waals surface area contributed by atoms with Crippen molar-refractivity contribution in [3.63, 3.8) is 0 Å². The van der Waals surface area contributed by atoms with E-state index in [1.165, 1.54) is 18.2 Å². The zero-order valence-corrected chi connectivity index (χ0v) is 13.8. The van der Waals surface area contributed by atoms with Crippen LogP contribution in [0.2, 0.25) is 0 Å². The topological polar surface area (TPSA) is 118 Å². The number of carbonyl (C=O) groups excluding carboxylic acids is 1. The number of furan rings is 1. The molecular formula is C12H7Br2N3O5. The minimum Gasteiger partial charge on any atom is -0.506 e. The Morgan fingerprint density at radius 1 is 1.41 bits per heavy atom. The summed E-state index contributed by atoms with van der Waals surface area (Å²) in [7, 11) is 0. The number of carbonyl (C=O) groups is 1. The second-order valence-corrected chi connectivity index (χ2v) is 5.69. The van der Waals surface area contributed by atoms with E-state index in [9.17, 15) is 20.0 Å². The van der Waals surface area contributed by atoms with Crippen LogP contribution in [0.15, 0.2) is 42.7 Å². The number of nitrogens with zero attached hydrogens (tertiary/aromatic N) is 2. The number of hydrogen-bond acceptors (Lipinski definition) is 6. The first-order chi connectivity index (χ1) is 10.4. The summed E-state index contributed by atoms with van der Waals surface area (Å²) >= 11 is 6.31. The van der Waals surface area contributed by atoms with Crippen LogP contribution in [0, 0.1) is 10.1 Å². The SMILES string of the molecule is O=C(N/N=C\c1ccc([N+](=O)[O-])o1)c1cc(Br)cc(Br)c1O. The van der Waals surface area contributed by atoms with Gasteiger partial charge in [0.05, 0.1) is 22.3 Å². The van der Waals surface area contributed by atoms with Gasteiger partial charge in [-0.2, -0.15) is 5.10 Å². The minimum absolute atomic E-state index is 0.00354. The van der Waals surface area contributed by atoms with Crippen LogP contribution in [0.4, 0.5) is 5.88 Å². The van der Waals surface area contributed by atoms with Crippen molar-refractivity contribution in [3.8, 4) is 5.75 Å². The Bertz CT molecular complexity index is 772. The van der Waals surface area contributed by atoms with E-state index in [0.29, 0.717) is 8.95 Å². The maximum atomic E-state index is 11.9. The molecule has 0 atom stereocenters. The van der Waals surface area contributed by atoms with Gasteiger partial charge in [-0.3, -0.25) is 14.9 Å². The van der Waals surface area contributed by atoms with Crippen molar-refractivity contribution in [3.05, 3.63) is 54.6 Å². The molecule has 1 aromatic heterocycles. The monoisotopic (exact) mass is 431 g/mol. The molecule has 2 aromatic rings. The third kappa shape index (κ3) is 3.71. The molecule has 2 rings (SSSR count). The normalized spacial score (nSPS) is 10.8. The van der Waals surface area contributed by atoms with Gasteiger partial charge in [0.1, 0.15) is 10.7 Å². The summed E-state index contributed by atoms with van der Waals surface area (Å²) in [6.45, 7) is 0. The fourth-order valence-corrected chi connectivity index (χ4v) is 2.69. The summed E-state index contributed by atoms with van der Waals surface area (Å²) in [5.41, 5.74) is 2.18. The summed E-state index contributed by atoms with van der Waals surface area (Å²) in [6, 6.07) is 5.50. The van der Waals surface area contributed by atoms with Crippen LogP contribution in [0.1, 0.15) is 16.1 Å². The molecule has 0 aliphatic carbocycles. The van der Waals surface area contributed by atoms with E-state index < -0.39 is 16.7 Å². The molecule has 0 radical (unpaired) electrons. The van der Waals surface area contributed by atoms with Crippen molar-refractivity contribution in [1.29, 1.82) is 0 Å². The van der Waals surface area contributed by atoms with E-state index in [1.54, 1.807) is 6.07 Å². The van der Waals surface area contributed by atoms with Crippen LogP contribution in [0.25, 0.3) is 0 Å². The molecule has 0 spiro atoms. The molecule has 0 aliphatic rings. The molecule has 0 fully saturated rings. The zero-order valence-electron chi connectivity index (χ0n) is 10.6. The van der Waals surface area contributed by atoms with Gasteiger partial charge in [0.25, 0.3) is 5.91 Å². The standard InChI is InChI=1S/C12H7Br2N3O5/c13-6-3-8(11(18)9(14)4-6)12(19)16-15-5-7-1-2-10(22-7)17(20)21/h1-5,18H,(H,16,19)/b15-5-. The number of halogens is 2. The van der Waals surface area contributed by atoms with Gasteiger partial charge in [-0.25, -0.2) is 5.43 Å². The van der Waals surface area contributed by atoms with Crippen molar-refractivity contribution < 1.29 is 19.2 Å². The molecule has 22 heavy (non-hydrogen) atoms. The lowest BCUT2D eigenvalue weighted by Crippen LogP contribution is -2.17. The molecule has 114 valence electrons. The molecule has 0 saturated heterocycles. The second-order valence-electron chi connectivity index (χ2n) is 3.92. The average molecular weight is 433 g/mol. The highest BCUT2D eigenvalue weighted by atomic mass is 79.9. The molecule has 0 bridgehead atoms. The number of phenols is 1. The lowest BCUT2D eigenvalue weighted by molar-refractivity contribution is -0.402. The van der Waals surface area contributed by atoms with E-state index in [4.69, 9.17) is 4.42 Å². The molecule has 2 N–H and O–H groups in total. The fourth-order valence-electron chi connectivity index (χ4n) is 1.46. The zero-order chi connectivity index (χ0) is 16.3. The van der Waals surface area contributed by atoms with Crippen molar-refractivity contribution in [2.45, 2.75) is 0 Å². The Kier molecular flexibility index (Phi) is 4.93. The molecule has 0 unspecified atom stereocenters. The second kappa shape index (κ2) is 6.71. The number of phenolic OH excluding ortho intramolecular Hbond substituents is 1. The van der Waals surface area contributed by atoms with Crippen LogP contribution >= 0.6 is 31.9 Å². The van der Waals surface area contributed by atoms with Gasteiger partial charge >= 0.3 is 5.88 Å². The Balaban J connectivity index is 2.09. The Morgan fingerprint density at radius 3 is 2.77 bits per heavy atom. The number of nitrogens with one attached hydrogen (secondary N) is 1. The first kappa shape index (κ1) is 16.2. The summed E-state index contributed by atoms with van der Waals surface area (Å²) < 4.78 is 5.77. The number of hydrazone groups is 1. The van der Waals surface area contributed by atoms with Crippen molar-refractivity contribution >= 4 is 49.9 Å². The van der Waals surface area contributed by atoms with Gasteiger partial charge in [-0.05, 0) is 34.1 Å². The minimum atomic E-state index is -0.688. The highest BCUT2D eigenvalue weighted by molar-refractivity contribution is 9.11. The fraction of sp³-hybridized carbons (Fsp3) is 0. The van der Waals surface area contributed by atoms with E-state index in [1.807, 2.05) is 0 Å². The van der Waals surface area contributed by atoms with E-state index in [0.717, 1.165) is 6.21 Å². The van der Waals surface area contributed by atoms with E-state index in [2.05, 4.69) is 42.4 Å². The molecule has 1 amide bonds. The number of amides is 1. The molecule has 1 aromatic carbocycles. The van der Waals surface area contributed by atoms with Crippen molar-refractivity contribution in [1.82, 2.24) is 5.43 Å². The molecule has 1 heterocycles. The molecule has 8 nitrogen and oxygen atoms in total. The van der Waals surface area contributed by atoms with Crippen LogP contribution < -0.4 is 5.43 Å². The average Bonchev–Trinajstić information content (AvgIpc) is 2.91. The number of hydrogen-bond donors (Lipinski definition) is 2. The highest BCUT2D eigenvalue weighted by Gasteiger charge is 2.15. The van der Waals surface area contributed by atoms with E-state index >= 15 is 0 Å². The quantitative estimate of drug-likeness (QED) is 0.437. The predicted octanol–water partition coefficient (Wildman–Crippen LogP) is 3.18. The number of benzene rings is 1. The van der Waals surface area contributed by atoms with Gasteiger partial charge in [-0.1, -0.05) is 15.9 Å². The van der Waals surface area contributed by atoms with Gasteiger partial charge in [0.2, 0.25) is 0 Å². The maximum absolute atomic E-state index is 11.9. The molecule has 0 saturated carbocycles. The summed E-state index contributed by atoms with van der Waals surface area (Å²) in [6.07, 6.45) is 1.11. The smallest absolute Gasteiger partial charge is 0.433 e. The Labute approximate surface area is 140 Å². The number of aromatic hydroxyl groups is 1. The largest absolute Gasteiger partial charge is 0.506 e. The third-order valence-corrected chi connectivity index (χ3v) is 3.49. The van der Waals surface area contributed by atoms with Gasteiger partial charge in [-0.15, -0.1) is 0 Å². The first-order valence-electron chi connectivity index (χ1n) is 5.64. The van der Waals surface area contributed by atoms with Gasteiger partial charge in [0, 0.05) is 4.47 Å². The first-order valence-corrected chi connectivity index (χ1v) is 7.22. The summed E-state index contributed by atoms with van der Waals surface area (Å²) in [5.74, 6) is -1.21. The van der Waals surface area contributed by atoms with Crippen LogP contribution in [-0.4, -0.2) is 22.2 Å². The van der Waals surface area contributed by atoms with Gasteiger partial charge < -0.3 is 9.52 Å². The van der Waals surface area contributed by atoms with Crippen LogP contribution in [-0.2, 0) is 0 Å². The lowest BCUT2D eigenvalue weighted by atomic mass is 10.2. The predicted molar refractivity (Wildman–Crippen MR) is 83.9 cm³/mol. The lowest BCUT2D eigenvalue weighted by Gasteiger charge is -2.05. The van der Waals surface area contributed by atoms with Crippen molar-refractivity contribution in [2.75, 3.05) is 0 Å². The Hall–Kier alpha value is -2.20. The highest BCUT2D eigenvalue weighted by Crippen LogP contribution is 2.31.